The molecule has 0 unspecified atom stereocenters. The highest BCUT2D eigenvalue weighted by Crippen LogP contribution is 2.35. The van der Waals surface area contributed by atoms with Crippen molar-refractivity contribution in [2.45, 2.75) is 114 Å². The maximum Gasteiger partial charge on any atom is 0.416 e. The number of carbonyl (C=O) groups excluding carboxylic acids is 3. The lowest BCUT2D eigenvalue weighted by atomic mass is 9.99. The van der Waals surface area contributed by atoms with Gasteiger partial charge in [-0.25, -0.2) is 0 Å². The number of thioether (sulfide) groups is 1. The summed E-state index contributed by atoms with van der Waals surface area (Å²) in [6.07, 6.45) is 4.33. The van der Waals surface area contributed by atoms with E-state index in [4.69, 9.17) is 9.47 Å². The summed E-state index contributed by atoms with van der Waals surface area (Å²) in [6, 6.07) is 22.1. The predicted molar refractivity (Wildman–Crippen MR) is 264 cm³/mol. The average molecular weight is 957 g/mol. The Kier molecular flexibility index (Phi) is 17.3. The van der Waals surface area contributed by atoms with E-state index >= 15 is 0 Å². The SMILES string of the molecule is CC(C)(CCC(=O)N1CCC(N2CCOCC2)CC1)OCCC(C)(C)SCc1cccc(C(=O)Nc2ccc(N3CCCCC3)cc2-c2cc(C(=O)NCc3cccc(C(F)(F)F)c3)ccn2)c1. The van der Waals surface area contributed by atoms with Gasteiger partial charge in [-0.1, -0.05) is 38.1 Å². The number of aromatic nitrogens is 1. The summed E-state index contributed by atoms with van der Waals surface area (Å²) in [5, 5.41) is 5.85. The van der Waals surface area contributed by atoms with Gasteiger partial charge in [0.15, 0.2) is 0 Å². The van der Waals surface area contributed by atoms with Gasteiger partial charge in [0.2, 0.25) is 5.91 Å². The van der Waals surface area contributed by atoms with Gasteiger partial charge in [-0.15, -0.1) is 0 Å². The number of hydrogen-bond acceptors (Lipinski definition) is 9. The maximum atomic E-state index is 14.0. The van der Waals surface area contributed by atoms with Crippen molar-refractivity contribution in [2.24, 2.45) is 0 Å². The highest BCUT2D eigenvalue weighted by atomic mass is 32.2. The fraction of sp³-hybridized carbons (Fsp3) is 0.509. The number of nitrogens with zero attached hydrogens (tertiary/aromatic N) is 4. The number of halogens is 3. The number of anilines is 2. The lowest BCUT2D eigenvalue weighted by molar-refractivity contribution is -0.137. The molecule has 0 radical (unpaired) electrons. The van der Waals surface area contributed by atoms with Gasteiger partial charge in [0, 0.05) is 104 Å². The molecular formula is C53H67F3N6O5S. The van der Waals surface area contributed by atoms with Crippen molar-refractivity contribution >= 4 is 40.9 Å². The molecule has 3 fully saturated rings. The molecule has 366 valence electrons. The third-order valence-electron chi connectivity index (χ3n) is 13.3. The number of rotatable bonds is 18. The molecule has 4 heterocycles. The third kappa shape index (κ3) is 14.5. The Morgan fingerprint density at radius 3 is 2.26 bits per heavy atom. The molecule has 0 atom stereocenters. The quantitative estimate of drug-likeness (QED) is 0.101. The molecule has 0 spiro atoms. The lowest BCUT2D eigenvalue weighted by Crippen LogP contribution is -2.50. The van der Waals surface area contributed by atoms with Crippen LogP contribution in [-0.4, -0.2) is 108 Å². The highest BCUT2D eigenvalue weighted by Gasteiger charge is 2.31. The minimum atomic E-state index is -4.49. The van der Waals surface area contributed by atoms with Crippen LogP contribution in [0.3, 0.4) is 0 Å². The van der Waals surface area contributed by atoms with Crippen molar-refractivity contribution in [1.29, 1.82) is 0 Å². The number of hydrogen-bond donors (Lipinski definition) is 2. The van der Waals surface area contributed by atoms with Gasteiger partial charge in [-0.05, 0) is 125 Å². The van der Waals surface area contributed by atoms with Crippen molar-refractivity contribution in [2.75, 3.05) is 69.3 Å². The van der Waals surface area contributed by atoms with Crippen LogP contribution in [0.15, 0.2) is 85.1 Å². The fourth-order valence-electron chi connectivity index (χ4n) is 9.05. The van der Waals surface area contributed by atoms with Crippen LogP contribution < -0.4 is 15.5 Å². The third-order valence-corrected chi connectivity index (χ3v) is 14.8. The van der Waals surface area contributed by atoms with E-state index in [1.807, 2.05) is 41.3 Å². The Bertz CT molecular complexity index is 2340. The highest BCUT2D eigenvalue weighted by molar-refractivity contribution is 7.99. The molecule has 0 aliphatic carbocycles. The zero-order valence-electron chi connectivity index (χ0n) is 40.0. The standard InChI is InChI=1S/C53H67F3N6O5S/c1-51(2,20-16-48(63)62-25-18-43(19-26-62)61-27-30-66-31-28-61)67-29-21-52(3,4)68-37-39-11-8-12-40(32-39)50(65)59-46-15-14-44(60-23-6-5-7-24-60)35-45(46)47-34-41(17-22-57-47)49(64)58-36-38-10-9-13-42(33-38)53(54,55)56/h8-15,17,22,32-35,43H,5-7,16,18-21,23-31,36-37H2,1-4H3,(H,58,64)(H,59,65). The number of amides is 3. The molecule has 0 bridgehead atoms. The molecule has 7 rings (SSSR count). The number of morpholine rings is 1. The monoisotopic (exact) mass is 956 g/mol. The smallest absolute Gasteiger partial charge is 0.379 e. The second-order valence-electron chi connectivity index (χ2n) is 19.4. The van der Waals surface area contributed by atoms with Crippen LogP contribution in [0.25, 0.3) is 11.3 Å². The Morgan fingerprint density at radius 1 is 0.794 bits per heavy atom. The average Bonchev–Trinajstić information content (AvgIpc) is 3.35. The molecule has 2 N–H and O–H groups in total. The van der Waals surface area contributed by atoms with Crippen LogP contribution in [0.2, 0.25) is 0 Å². The van der Waals surface area contributed by atoms with E-state index in [9.17, 15) is 27.6 Å². The topological polar surface area (TPSA) is 116 Å². The summed E-state index contributed by atoms with van der Waals surface area (Å²) < 4.78 is 51.7. The molecule has 15 heteroatoms. The Labute approximate surface area is 403 Å². The van der Waals surface area contributed by atoms with E-state index in [2.05, 4.69) is 53.1 Å². The van der Waals surface area contributed by atoms with Gasteiger partial charge in [-0.2, -0.15) is 24.9 Å². The van der Waals surface area contributed by atoms with Crippen LogP contribution >= 0.6 is 11.8 Å². The first kappa shape index (κ1) is 50.9. The van der Waals surface area contributed by atoms with E-state index in [0.717, 1.165) is 108 Å². The molecule has 0 saturated carbocycles. The van der Waals surface area contributed by atoms with E-state index in [1.165, 1.54) is 24.8 Å². The van der Waals surface area contributed by atoms with Crippen LogP contribution in [-0.2, 0) is 32.7 Å². The van der Waals surface area contributed by atoms with Crippen molar-refractivity contribution in [3.63, 3.8) is 0 Å². The summed E-state index contributed by atoms with van der Waals surface area (Å²) >= 11 is 1.80. The van der Waals surface area contributed by atoms with Gasteiger partial charge in [0.05, 0.1) is 35.8 Å². The molecule has 11 nitrogen and oxygen atoms in total. The molecule has 4 aromatic rings. The molecule has 3 amide bonds. The van der Waals surface area contributed by atoms with Crippen molar-refractivity contribution in [1.82, 2.24) is 20.1 Å². The van der Waals surface area contributed by atoms with Crippen molar-refractivity contribution in [3.8, 4) is 11.3 Å². The number of likely N-dealkylation sites (tertiary alicyclic amines) is 1. The molecule has 3 aliphatic rings. The Balaban J connectivity index is 0.928. The van der Waals surface area contributed by atoms with E-state index in [-0.39, 0.29) is 28.7 Å². The summed E-state index contributed by atoms with van der Waals surface area (Å²) in [4.78, 5) is 52.0. The van der Waals surface area contributed by atoms with Gasteiger partial charge in [0.1, 0.15) is 0 Å². The van der Waals surface area contributed by atoms with Crippen LogP contribution in [0.5, 0.6) is 0 Å². The minimum Gasteiger partial charge on any atom is -0.379 e. The van der Waals surface area contributed by atoms with E-state index in [0.29, 0.717) is 59.3 Å². The second-order valence-corrected chi connectivity index (χ2v) is 21.1. The molecular weight excluding hydrogens is 890 g/mol. The van der Waals surface area contributed by atoms with E-state index < -0.39 is 23.2 Å². The minimum absolute atomic E-state index is 0.0886. The molecule has 3 saturated heterocycles. The summed E-state index contributed by atoms with van der Waals surface area (Å²) in [5.74, 6) is 0.150. The lowest BCUT2D eigenvalue weighted by Gasteiger charge is -2.40. The second kappa shape index (κ2) is 23.1. The predicted octanol–water partition coefficient (Wildman–Crippen LogP) is 10.2. The fourth-order valence-corrected chi connectivity index (χ4v) is 10.0. The summed E-state index contributed by atoms with van der Waals surface area (Å²) in [7, 11) is 0. The number of alkyl halides is 3. The Hall–Kier alpha value is -4.96. The largest absolute Gasteiger partial charge is 0.416 e. The van der Waals surface area contributed by atoms with Gasteiger partial charge in [-0.3, -0.25) is 24.3 Å². The van der Waals surface area contributed by atoms with Crippen LogP contribution in [0.1, 0.15) is 116 Å². The van der Waals surface area contributed by atoms with Crippen LogP contribution in [0, 0.1) is 0 Å². The first-order chi connectivity index (χ1) is 32.5. The Morgan fingerprint density at radius 2 is 1.51 bits per heavy atom. The first-order valence-corrected chi connectivity index (χ1v) is 25.1. The van der Waals surface area contributed by atoms with Crippen LogP contribution in [0.4, 0.5) is 24.5 Å². The number of ether oxygens (including phenoxy) is 2. The zero-order valence-corrected chi connectivity index (χ0v) is 40.8. The maximum absolute atomic E-state index is 14.0. The normalized spacial score (nSPS) is 16.7. The molecule has 1 aromatic heterocycles. The molecule has 3 aliphatic heterocycles. The van der Waals surface area contributed by atoms with Crippen molar-refractivity contribution in [3.05, 3.63) is 113 Å². The number of nitrogens with one attached hydrogen (secondary N) is 2. The molecule has 3 aromatic carbocycles. The van der Waals surface area contributed by atoms with Gasteiger partial charge >= 0.3 is 6.18 Å². The van der Waals surface area contributed by atoms with Gasteiger partial charge in [0.25, 0.3) is 11.8 Å². The molecule has 68 heavy (non-hydrogen) atoms. The number of piperidine rings is 2. The number of benzene rings is 3. The summed E-state index contributed by atoms with van der Waals surface area (Å²) in [6.45, 7) is 16.0. The van der Waals surface area contributed by atoms with E-state index in [1.54, 1.807) is 30.0 Å². The van der Waals surface area contributed by atoms with Gasteiger partial charge < -0.3 is 29.9 Å². The zero-order chi connectivity index (χ0) is 48.3. The number of carbonyl (C=O) groups is 3. The first-order valence-electron chi connectivity index (χ1n) is 24.1. The summed E-state index contributed by atoms with van der Waals surface area (Å²) in [5.41, 5.74) is 3.53. The number of pyridine rings is 1. The van der Waals surface area contributed by atoms with Crippen molar-refractivity contribution < 1.29 is 37.0 Å².